The molecule has 2 N–H and O–H groups in total. The van der Waals surface area contributed by atoms with E-state index in [9.17, 15) is 9.59 Å². The lowest BCUT2D eigenvalue weighted by atomic mass is 9.86. The highest BCUT2D eigenvalue weighted by atomic mass is 16.2. The summed E-state index contributed by atoms with van der Waals surface area (Å²) in [6.45, 7) is 12.4. The van der Waals surface area contributed by atoms with Gasteiger partial charge in [0.05, 0.1) is 6.04 Å². The molecule has 1 fully saturated rings. The van der Waals surface area contributed by atoms with E-state index >= 15 is 0 Å². The first-order chi connectivity index (χ1) is 9.12. The molecule has 0 unspecified atom stereocenters. The van der Waals surface area contributed by atoms with Gasteiger partial charge >= 0.3 is 0 Å². The van der Waals surface area contributed by atoms with Crippen molar-refractivity contribution in [3.8, 4) is 0 Å². The fourth-order valence-electron chi connectivity index (χ4n) is 2.22. The molecule has 5 nitrogen and oxygen atoms in total. The molecule has 0 aromatic heterocycles. The molecule has 0 saturated carbocycles. The summed E-state index contributed by atoms with van der Waals surface area (Å²) in [5.74, 6) is 0.553. The molecule has 20 heavy (non-hydrogen) atoms. The Labute approximate surface area is 122 Å². The maximum atomic E-state index is 12.3. The average Bonchev–Trinajstić information content (AvgIpc) is 2.35. The lowest BCUT2D eigenvalue weighted by Gasteiger charge is -2.38. The van der Waals surface area contributed by atoms with Crippen molar-refractivity contribution in [2.24, 2.45) is 17.1 Å². The van der Waals surface area contributed by atoms with E-state index < -0.39 is 6.04 Å². The Balaban J connectivity index is 2.50. The van der Waals surface area contributed by atoms with E-state index in [0.717, 1.165) is 0 Å². The number of hydrogen-bond donors (Lipinski definition) is 1. The molecule has 1 rings (SSSR count). The van der Waals surface area contributed by atoms with Gasteiger partial charge in [0.1, 0.15) is 0 Å². The predicted molar refractivity (Wildman–Crippen MR) is 80.0 cm³/mol. The molecule has 0 radical (unpaired) electrons. The first kappa shape index (κ1) is 17.0. The summed E-state index contributed by atoms with van der Waals surface area (Å²) in [5.41, 5.74) is 5.78. The molecule has 0 spiro atoms. The van der Waals surface area contributed by atoms with Gasteiger partial charge in [-0.2, -0.15) is 0 Å². The summed E-state index contributed by atoms with van der Waals surface area (Å²) in [6, 6.07) is -0.486. The van der Waals surface area contributed by atoms with Gasteiger partial charge in [-0.15, -0.1) is 0 Å². The van der Waals surface area contributed by atoms with E-state index in [0.29, 0.717) is 38.5 Å². The van der Waals surface area contributed by atoms with Crippen molar-refractivity contribution in [3.63, 3.8) is 0 Å². The van der Waals surface area contributed by atoms with Gasteiger partial charge in [0.15, 0.2) is 0 Å². The van der Waals surface area contributed by atoms with Crippen molar-refractivity contribution in [3.05, 3.63) is 0 Å². The van der Waals surface area contributed by atoms with Crippen LogP contribution in [0.15, 0.2) is 0 Å². The minimum atomic E-state index is -0.486. The van der Waals surface area contributed by atoms with Crippen LogP contribution < -0.4 is 5.73 Å². The molecule has 0 bridgehead atoms. The Hall–Kier alpha value is -1.10. The zero-order valence-corrected chi connectivity index (χ0v) is 13.5. The van der Waals surface area contributed by atoms with E-state index in [4.69, 9.17) is 5.73 Å². The molecule has 1 aliphatic rings. The highest BCUT2D eigenvalue weighted by Crippen LogP contribution is 2.20. The summed E-state index contributed by atoms with van der Waals surface area (Å²) in [4.78, 5) is 27.9. The summed E-state index contributed by atoms with van der Waals surface area (Å²) in [7, 11) is 0. The molecule has 1 atom stereocenters. The predicted octanol–water partition coefficient (Wildman–Crippen LogP) is 1.08. The van der Waals surface area contributed by atoms with Crippen molar-refractivity contribution in [1.82, 2.24) is 9.80 Å². The Morgan fingerprint density at radius 1 is 1.05 bits per heavy atom. The zero-order valence-electron chi connectivity index (χ0n) is 13.5. The second-order valence-electron chi connectivity index (χ2n) is 7.15. The lowest BCUT2D eigenvalue weighted by Crippen LogP contribution is -2.57. The van der Waals surface area contributed by atoms with Crippen molar-refractivity contribution in [2.45, 2.75) is 47.1 Å². The molecule has 1 saturated heterocycles. The van der Waals surface area contributed by atoms with Gasteiger partial charge in [0.25, 0.3) is 0 Å². The van der Waals surface area contributed by atoms with Gasteiger partial charge in [-0.25, -0.2) is 0 Å². The van der Waals surface area contributed by atoms with Crippen LogP contribution in [-0.4, -0.2) is 53.8 Å². The van der Waals surface area contributed by atoms with E-state index in [1.807, 2.05) is 39.5 Å². The number of carbonyl (C=O) groups is 2. The Morgan fingerprint density at radius 3 is 1.90 bits per heavy atom. The largest absolute Gasteiger partial charge is 0.339 e. The zero-order chi connectivity index (χ0) is 15.5. The smallest absolute Gasteiger partial charge is 0.240 e. The molecule has 1 heterocycles. The minimum absolute atomic E-state index is 0.00606. The Morgan fingerprint density at radius 2 is 1.50 bits per heavy atom. The summed E-state index contributed by atoms with van der Waals surface area (Å²) >= 11 is 0. The molecule has 2 amide bonds. The van der Waals surface area contributed by atoms with E-state index in [1.165, 1.54) is 0 Å². The average molecular weight is 283 g/mol. The van der Waals surface area contributed by atoms with Crippen LogP contribution in [0.3, 0.4) is 0 Å². The monoisotopic (exact) mass is 283 g/mol. The number of nitrogens with zero attached hydrogens (tertiary/aromatic N) is 2. The highest BCUT2D eigenvalue weighted by Gasteiger charge is 2.33. The number of amides is 2. The third-order valence-corrected chi connectivity index (χ3v) is 3.73. The van der Waals surface area contributed by atoms with Crippen molar-refractivity contribution in [2.75, 3.05) is 26.2 Å². The molecular weight excluding hydrogens is 254 g/mol. The molecule has 116 valence electrons. The highest BCUT2D eigenvalue weighted by molar-refractivity contribution is 5.83. The molecule has 5 heteroatoms. The molecule has 0 aromatic carbocycles. The standard InChI is InChI=1S/C15H29N3O2/c1-11(2)10-12(19)17-6-8-18(9-7-17)14(20)13(16)15(3,4)5/h11,13H,6-10,16H2,1-5H3/t13-/m0/s1. The number of piperazine rings is 1. The van der Waals surface area contributed by atoms with Crippen LogP contribution >= 0.6 is 0 Å². The number of rotatable bonds is 3. The van der Waals surface area contributed by atoms with Crippen LogP contribution in [0.1, 0.15) is 41.0 Å². The third-order valence-electron chi connectivity index (χ3n) is 3.73. The quantitative estimate of drug-likeness (QED) is 0.842. The lowest BCUT2D eigenvalue weighted by molar-refractivity contribution is -0.142. The normalized spacial score (nSPS) is 18.4. The minimum Gasteiger partial charge on any atom is -0.339 e. The summed E-state index contributed by atoms with van der Waals surface area (Å²) in [6.07, 6.45) is 0.579. The second-order valence-corrected chi connectivity index (χ2v) is 7.15. The SMILES string of the molecule is CC(C)CC(=O)N1CCN(C(=O)[C@H](N)C(C)(C)C)CC1. The van der Waals surface area contributed by atoms with Crippen LogP contribution in [0.4, 0.5) is 0 Å². The van der Waals surface area contributed by atoms with Gasteiger partial charge in [0, 0.05) is 32.6 Å². The van der Waals surface area contributed by atoms with Crippen LogP contribution in [0.25, 0.3) is 0 Å². The maximum Gasteiger partial charge on any atom is 0.240 e. The van der Waals surface area contributed by atoms with Crippen molar-refractivity contribution < 1.29 is 9.59 Å². The second kappa shape index (κ2) is 6.57. The van der Waals surface area contributed by atoms with E-state index in [1.54, 1.807) is 4.90 Å². The first-order valence-corrected chi connectivity index (χ1v) is 7.45. The maximum absolute atomic E-state index is 12.3. The van der Waals surface area contributed by atoms with Crippen molar-refractivity contribution >= 4 is 11.8 Å². The third kappa shape index (κ3) is 4.47. The molecule has 0 aromatic rings. The first-order valence-electron chi connectivity index (χ1n) is 7.45. The van der Waals surface area contributed by atoms with Gasteiger partial charge in [-0.3, -0.25) is 9.59 Å². The number of nitrogens with two attached hydrogens (primary N) is 1. The van der Waals surface area contributed by atoms with E-state index in [2.05, 4.69) is 0 Å². The number of carbonyl (C=O) groups excluding carboxylic acids is 2. The number of hydrogen-bond acceptors (Lipinski definition) is 3. The molecular formula is C15H29N3O2. The van der Waals surface area contributed by atoms with Crippen LogP contribution in [0.5, 0.6) is 0 Å². The van der Waals surface area contributed by atoms with Gasteiger partial charge in [-0.05, 0) is 11.3 Å². The Kier molecular flexibility index (Phi) is 5.57. The van der Waals surface area contributed by atoms with E-state index in [-0.39, 0.29) is 17.2 Å². The van der Waals surface area contributed by atoms with Crippen LogP contribution in [0, 0.1) is 11.3 Å². The topological polar surface area (TPSA) is 66.6 Å². The van der Waals surface area contributed by atoms with Gasteiger partial charge < -0.3 is 15.5 Å². The van der Waals surface area contributed by atoms with Gasteiger partial charge in [0.2, 0.25) is 11.8 Å². The molecule has 1 aliphatic heterocycles. The summed E-state index contributed by atoms with van der Waals surface area (Å²) in [5, 5.41) is 0. The summed E-state index contributed by atoms with van der Waals surface area (Å²) < 4.78 is 0. The molecule has 0 aliphatic carbocycles. The van der Waals surface area contributed by atoms with Crippen LogP contribution in [-0.2, 0) is 9.59 Å². The fourth-order valence-corrected chi connectivity index (χ4v) is 2.22. The Bertz CT molecular complexity index is 353. The fraction of sp³-hybridized carbons (Fsp3) is 0.867. The van der Waals surface area contributed by atoms with Gasteiger partial charge in [-0.1, -0.05) is 34.6 Å². The van der Waals surface area contributed by atoms with Crippen LogP contribution in [0.2, 0.25) is 0 Å². The van der Waals surface area contributed by atoms with Crippen molar-refractivity contribution in [1.29, 1.82) is 0 Å².